The first-order chi connectivity index (χ1) is 7.63. The van der Waals surface area contributed by atoms with Crippen LogP contribution in [0.4, 0.5) is 0 Å². The molecule has 0 aromatic carbocycles. The molecule has 1 atom stereocenters. The van der Waals surface area contributed by atoms with Gasteiger partial charge in [-0.2, -0.15) is 0 Å². The molecule has 96 valence electrons. The Labute approximate surface area is 102 Å². The summed E-state index contributed by atoms with van der Waals surface area (Å²) >= 11 is 0. The fourth-order valence-corrected chi connectivity index (χ4v) is 2.81. The molecule has 1 saturated carbocycles. The molecule has 1 fully saturated rings. The second-order valence-electron chi connectivity index (χ2n) is 5.70. The number of hydrogen-bond acceptors (Lipinski definition) is 2. The van der Waals surface area contributed by atoms with Gasteiger partial charge in [0, 0.05) is 25.2 Å². The summed E-state index contributed by atoms with van der Waals surface area (Å²) in [5.74, 6) is 1.64. The number of hydrogen-bond donors (Lipinski definition) is 1. The molecule has 0 radical (unpaired) electrons. The zero-order valence-corrected chi connectivity index (χ0v) is 11.6. The molecule has 0 amide bonds. The standard InChI is InChI=1S/C14H30N2/c1-5-13(6-2)16(10-11(3)4)14(9-15)12-7-8-12/h11-14H,5-10,15H2,1-4H3. The Hall–Kier alpha value is -0.0800. The van der Waals surface area contributed by atoms with E-state index in [1.165, 1.54) is 32.2 Å². The van der Waals surface area contributed by atoms with Crippen molar-refractivity contribution in [1.82, 2.24) is 4.90 Å². The number of nitrogens with zero attached hydrogens (tertiary/aromatic N) is 1. The van der Waals surface area contributed by atoms with Crippen molar-refractivity contribution in [2.75, 3.05) is 13.1 Å². The second kappa shape index (κ2) is 6.61. The predicted molar refractivity (Wildman–Crippen MR) is 71.5 cm³/mol. The summed E-state index contributed by atoms with van der Waals surface area (Å²) in [5, 5.41) is 0. The van der Waals surface area contributed by atoms with E-state index in [9.17, 15) is 0 Å². The van der Waals surface area contributed by atoms with E-state index in [1.54, 1.807) is 0 Å². The molecule has 0 aromatic rings. The van der Waals surface area contributed by atoms with Crippen molar-refractivity contribution in [3.63, 3.8) is 0 Å². The predicted octanol–water partition coefficient (Wildman–Crippen LogP) is 2.87. The summed E-state index contributed by atoms with van der Waals surface area (Å²) in [7, 11) is 0. The van der Waals surface area contributed by atoms with Crippen LogP contribution in [0.25, 0.3) is 0 Å². The van der Waals surface area contributed by atoms with Gasteiger partial charge < -0.3 is 5.73 Å². The van der Waals surface area contributed by atoms with Crippen LogP contribution in [-0.2, 0) is 0 Å². The monoisotopic (exact) mass is 226 g/mol. The lowest BCUT2D eigenvalue weighted by molar-refractivity contribution is 0.0996. The third kappa shape index (κ3) is 3.74. The zero-order valence-electron chi connectivity index (χ0n) is 11.6. The zero-order chi connectivity index (χ0) is 12.1. The van der Waals surface area contributed by atoms with Crippen LogP contribution in [-0.4, -0.2) is 30.1 Å². The van der Waals surface area contributed by atoms with E-state index in [0.29, 0.717) is 6.04 Å². The molecule has 0 spiro atoms. The summed E-state index contributed by atoms with van der Waals surface area (Å²) in [6.45, 7) is 11.3. The van der Waals surface area contributed by atoms with E-state index in [4.69, 9.17) is 5.73 Å². The highest BCUT2D eigenvalue weighted by atomic mass is 15.2. The van der Waals surface area contributed by atoms with Gasteiger partial charge in [-0.15, -0.1) is 0 Å². The summed E-state index contributed by atoms with van der Waals surface area (Å²) < 4.78 is 0. The van der Waals surface area contributed by atoms with E-state index in [-0.39, 0.29) is 0 Å². The minimum absolute atomic E-state index is 0.646. The minimum Gasteiger partial charge on any atom is -0.329 e. The van der Waals surface area contributed by atoms with E-state index in [1.807, 2.05) is 0 Å². The van der Waals surface area contributed by atoms with Gasteiger partial charge in [0.1, 0.15) is 0 Å². The summed E-state index contributed by atoms with van der Waals surface area (Å²) in [6, 6.07) is 1.38. The summed E-state index contributed by atoms with van der Waals surface area (Å²) in [6.07, 6.45) is 5.31. The maximum absolute atomic E-state index is 6.00. The summed E-state index contributed by atoms with van der Waals surface area (Å²) in [4.78, 5) is 2.71. The Balaban J connectivity index is 2.66. The SMILES string of the molecule is CCC(CC)N(CC(C)C)C(CN)C1CC1. The van der Waals surface area contributed by atoms with E-state index >= 15 is 0 Å². The first-order valence-corrected chi connectivity index (χ1v) is 7.09. The van der Waals surface area contributed by atoms with Crippen LogP contribution >= 0.6 is 0 Å². The lowest BCUT2D eigenvalue weighted by atomic mass is 10.0. The maximum atomic E-state index is 6.00. The fourth-order valence-electron chi connectivity index (χ4n) is 2.81. The quantitative estimate of drug-likeness (QED) is 0.689. The Morgan fingerprint density at radius 2 is 1.75 bits per heavy atom. The van der Waals surface area contributed by atoms with E-state index < -0.39 is 0 Å². The molecular formula is C14H30N2. The molecule has 16 heavy (non-hydrogen) atoms. The largest absolute Gasteiger partial charge is 0.329 e. The normalized spacial score (nSPS) is 18.8. The second-order valence-corrected chi connectivity index (χ2v) is 5.70. The van der Waals surface area contributed by atoms with Gasteiger partial charge in [-0.1, -0.05) is 27.7 Å². The van der Waals surface area contributed by atoms with Crippen LogP contribution in [0, 0.1) is 11.8 Å². The van der Waals surface area contributed by atoms with E-state index in [0.717, 1.165) is 24.4 Å². The van der Waals surface area contributed by atoms with Gasteiger partial charge >= 0.3 is 0 Å². The smallest absolute Gasteiger partial charge is 0.0249 e. The molecule has 2 heteroatoms. The molecule has 1 aliphatic carbocycles. The first-order valence-electron chi connectivity index (χ1n) is 7.09. The fraction of sp³-hybridized carbons (Fsp3) is 1.00. The molecule has 2 N–H and O–H groups in total. The van der Waals surface area contributed by atoms with Gasteiger partial charge in [-0.25, -0.2) is 0 Å². The molecule has 0 aliphatic heterocycles. The van der Waals surface area contributed by atoms with E-state index in [2.05, 4.69) is 32.6 Å². The van der Waals surface area contributed by atoms with Crippen LogP contribution in [0.1, 0.15) is 53.4 Å². The minimum atomic E-state index is 0.646. The van der Waals surface area contributed by atoms with Crippen LogP contribution in [0.3, 0.4) is 0 Å². The molecule has 0 bridgehead atoms. The lowest BCUT2D eigenvalue weighted by Gasteiger charge is -2.38. The van der Waals surface area contributed by atoms with Crippen molar-refractivity contribution >= 4 is 0 Å². The molecule has 0 heterocycles. The van der Waals surface area contributed by atoms with Gasteiger partial charge in [0.25, 0.3) is 0 Å². The molecule has 2 nitrogen and oxygen atoms in total. The van der Waals surface area contributed by atoms with Crippen LogP contribution < -0.4 is 5.73 Å². The van der Waals surface area contributed by atoms with Crippen molar-refractivity contribution in [2.24, 2.45) is 17.6 Å². The number of nitrogens with two attached hydrogens (primary N) is 1. The van der Waals surface area contributed by atoms with Crippen LogP contribution in [0.2, 0.25) is 0 Å². The third-order valence-corrected chi connectivity index (χ3v) is 3.82. The van der Waals surface area contributed by atoms with Gasteiger partial charge in [-0.05, 0) is 37.5 Å². The lowest BCUT2D eigenvalue weighted by Crippen LogP contribution is -2.49. The Morgan fingerprint density at radius 3 is 2.06 bits per heavy atom. The van der Waals surface area contributed by atoms with Gasteiger partial charge in [-0.3, -0.25) is 4.90 Å². The average Bonchev–Trinajstić information content (AvgIpc) is 3.04. The molecule has 1 rings (SSSR count). The Kier molecular flexibility index (Phi) is 5.77. The molecule has 0 aromatic heterocycles. The van der Waals surface area contributed by atoms with Crippen LogP contribution in [0.15, 0.2) is 0 Å². The molecular weight excluding hydrogens is 196 g/mol. The third-order valence-electron chi connectivity index (χ3n) is 3.82. The van der Waals surface area contributed by atoms with Crippen molar-refractivity contribution in [2.45, 2.75) is 65.5 Å². The highest BCUT2D eigenvalue weighted by Crippen LogP contribution is 2.36. The molecule has 0 saturated heterocycles. The summed E-state index contributed by atoms with van der Waals surface area (Å²) in [5.41, 5.74) is 6.00. The van der Waals surface area contributed by atoms with Crippen molar-refractivity contribution < 1.29 is 0 Å². The average molecular weight is 226 g/mol. The van der Waals surface area contributed by atoms with Crippen molar-refractivity contribution in [1.29, 1.82) is 0 Å². The van der Waals surface area contributed by atoms with Gasteiger partial charge in [0.05, 0.1) is 0 Å². The first kappa shape index (κ1) is 14.0. The van der Waals surface area contributed by atoms with Gasteiger partial charge in [0.15, 0.2) is 0 Å². The molecule has 1 aliphatic rings. The maximum Gasteiger partial charge on any atom is 0.0249 e. The molecule has 1 unspecified atom stereocenters. The topological polar surface area (TPSA) is 29.3 Å². The highest BCUT2D eigenvalue weighted by molar-refractivity contribution is 4.91. The van der Waals surface area contributed by atoms with Crippen molar-refractivity contribution in [3.05, 3.63) is 0 Å². The van der Waals surface area contributed by atoms with Gasteiger partial charge in [0.2, 0.25) is 0 Å². The number of rotatable bonds is 8. The Morgan fingerprint density at radius 1 is 1.19 bits per heavy atom. The Bertz CT molecular complexity index is 183. The highest BCUT2D eigenvalue weighted by Gasteiger charge is 2.36. The van der Waals surface area contributed by atoms with Crippen LogP contribution in [0.5, 0.6) is 0 Å². The van der Waals surface area contributed by atoms with Crippen molar-refractivity contribution in [3.8, 4) is 0 Å².